The minimum Gasteiger partial charge on any atom is -0.481 e. The average Bonchev–Trinajstić information content (AvgIpc) is 3.38. The Hall–Kier alpha value is -3.35. The molecular formula is C26H30N2O5. The van der Waals surface area contributed by atoms with E-state index in [1.165, 1.54) is 0 Å². The van der Waals surface area contributed by atoms with E-state index in [-0.39, 0.29) is 30.9 Å². The lowest BCUT2D eigenvalue weighted by atomic mass is 9.95. The van der Waals surface area contributed by atoms with Crippen LogP contribution in [-0.4, -0.2) is 41.8 Å². The average molecular weight is 451 g/mol. The molecule has 2 aromatic rings. The Balaban J connectivity index is 1.33. The molecule has 7 nitrogen and oxygen atoms in total. The van der Waals surface area contributed by atoms with Crippen molar-refractivity contribution in [3.8, 4) is 11.1 Å². The SMILES string of the molecule is CC(C)(NC(=O)OCC1c2ccccc2-c2ccccc21)C(=O)NC[C@H]1CCC[C@H]1C(=O)O. The summed E-state index contributed by atoms with van der Waals surface area (Å²) in [5.41, 5.74) is 3.34. The van der Waals surface area contributed by atoms with Crippen LogP contribution < -0.4 is 10.6 Å². The van der Waals surface area contributed by atoms with Gasteiger partial charge in [-0.25, -0.2) is 4.79 Å². The number of carbonyl (C=O) groups excluding carboxylic acids is 2. The maximum atomic E-state index is 12.7. The summed E-state index contributed by atoms with van der Waals surface area (Å²) in [6.45, 7) is 3.66. The molecule has 0 aromatic heterocycles. The van der Waals surface area contributed by atoms with E-state index in [2.05, 4.69) is 22.8 Å². The molecule has 2 aliphatic carbocycles. The summed E-state index contributed by atoms with van der Waals surface area (Å²) in [5, 5.41) is 14.8. The van der Waals surface area contributed by atoms with Crippen molar-refractivity contribution in [3.05, 3.63) is 59.7 Å². The molecule has 0 saturated heterocycles. The summed E-state index contributed by atoms with van der Waals surface area (Å²) in [5.74, 6) is -1.76. The molecule has 0 aliphatic heterocycles. The van der Waals surface area contributed by atoms with Crippen LogP contribution in [0.15, 0.2) is 48.5 Å². The van der Waals surface area contributed by atoms with Crippen LogP contribution in [0.25, 0.3) is 11.1 Å². The Labute approximate surface area is 193 Å². The molecule has 0 bridgehead atoms. The first-order chi connectivity index (χ1) is 15.8. The number of carboxylic acid groups (broad SMARTS) is 1. The summed E-state index contributed by atoms with van der Waals surface area (Å²) in [6, 6.07) is 16.2. The van der Waals surface area contributed by atoms with E-state index >= 15 is 0 Å². The first-order valence-electron chi connectivity index (χ1n) is 11.4. The van der Waals surface area contributed by atoms with Crippen molar-refractivity contribution in [1.29, 1.82) is 0 Å². The van der Waals surface area contributed by atoms with Crippen molar-refractivity contribution in [1.82, 2.24) is 10.6 Å². The predicted octanol–water partition coefficient (Wildman–Crippen LogP) is 3.92. The van der Waals surface area contributed by atoms with Gasteiger partial charge < -0.3 is 20.5 Å². The molecule has 2 aliphatic rings. The third kappa shape index (κ3) is 4.72. The normalized spacial score (nSPS) is 19.5. The smallest absolute Gasteiger partial charge is 0.408 e. The molecule has 3 N–H and O–H groups in total. The van der Waals surface area contributed by atoms with Crippen LogP contribution in [-0.2, 0) is 14.3 Å². The van der Waals surface area contributed by atoms with Crippen molar-refractivity contribution in [2.24, 2.45) is 11.8 Å². The van der Waals surface area contributed by atoms with E-state index in [9.17, 15) is 19.5 Å². The van der Waals surface area contributed by atoms with E-state index < -0.39 is 23.5 Å². The molecule has 2 amide bonds. The summed E-state index contributed by atoms with van der Waals surface area (Å²) in [4.78, 5) is 36.6. The number of carbonyl (C=O) groups is 3. The fourth-order valence-corrected chi connectivity index (χ4v) is 5.00. The van der Waals surface area contributed by atoms with E-state index in [1.807, 2.05) is 36.4 Å². The van der Waals surface area contributed by atoms with Gasteiger partial charge in [-0.15, -0.1) is 0 Å². The number of hydrogen-bond acceptors (Lipinski definition) is 4. The summed E-state index contributed by atoms with van der Waals surface area (Å²) in [6.07, 6.45) is 1.59. The summed E-state index contributed by atoms with van der Waals surface area (Å²) >= 11 is 0. The van der Waals surface area contributed by atoms with Crippen molar-refractivity contribution in [2.45, 2.75) is 44.6 Å². The summed E-state index contributed by atoms with van der Waals surface area (Å²) in [7, 11) is 0. The number of fused-ring (bicyclic) bond motifs is 3. The number of ether oxygens (including phenoxy) is 1. The van der Waals surface area contributed by atoms with E-state index in [1.54, 1.807) is 13.8 Å². The van der Waals surface area contributed by atoms with Crippen LogP contribution in [0.4, 0.5) is 4.79 Å². The number of hydrogen-bond donors (Lipinski definition) is 3. The largest absolute Gasteiger partial charge is 0.481 e. The van der Waals surface area contributed by atoms with Crippen LogP contribution in [0, 0.1) is 11.8 Å². The van der Waals surface area contributed by atoms with Crippen LogP contribution in [0.2, 0.25) is 0 Å². The lowest BCUT2D eigenvalue weighted by Crippen LogP contribution is -2.55. The zero-order chi connectivity index (χ0) is 23.6. The Morgan fingerprint density at radius 3 is 2.21 bits per heavy atom. The van der Waals surface area contributed by atoms with Crippen LogP contribution in [0.1, 0.15) is 50.2 Å². The molecule has 1 saturated carbocycles. The fourth-order valence-electron chi connectivity index (χ4n) is 5.00. The summed E-state index contributed by atoms with van der Waals surface area (Å²) < 4.78 is 5.54. The van der Waals surface area contributed by atoms with E-state index in [0.29, 0.717) is 6.42 Å². The molecule has 2 aromatic carbocycles. The third-order valence-electron chi connectivity index (χ3n) is 6.83. The minimum absolute atomic E-state index is 0.0598. The Bertz CT molecular complexity index is 1020. The minimum atomic E-state index is -1.19. The molecular weight excluding hydrogens is 420 g/mol. The Morgan fingerprint density at radius 1 is 1.00 bits per heavy atom. The number of nitrogens with one attached hydrogen (secondary N) is 2. The van der Waals surface area contributed by atoms with Crippen LogP contribution in [0.5, 0.6) is 0 Å². The molecule has 33 heavy (non-hydrogen) atoms. The highest BCUT2D eigenvalue weighted by Crippen LogP contribution is 2.44. The van der Waals surface area contributed by atoms with Crippen LogP contribution in [0.3, 0.4) is 0 Å². The maximum absolute atomic E-state index is 12.7. The first kappa shape index (κ1) is 22.8. The molecule has 0 radical (unpaired) electrons. The molecule has 0 spiro atoms. The number of alkyl carbamates (subject to hydrolysis) is 1. The molecule has 4 rings (SSSR count). The Kier molecular flexibility index (Phi) is 6.40. The second kappa shape index (κ2) is 9.25. The van der Waals surface area contributed by atoms with Gasteiger partial charge in [0.25, 0.3) is 0 Å². The van der Waals surface area contributed by atoms with Crippen molar-refractivity contribution < 1.29 is 24.2 Å². The predicted molar refractivity (Wildman–Crippen MR) is 124 cm³/mol. The molecule has 2 atom stereocenters. The lowest BCUT2D eigenvalue weighted by Gasteiger charge is -2.26. The van der Waals surface area contributed by atoms with Gasteiger partial charge in [0.1, 0.15) is 12.1 Å². The van der Waals surface area contributed by atoms with Gasteiger partial charge in [0.05, 0.1) is 5.92 Å². The van der Waals surface area contributed by atoms with Crippen molar-refractivity contribution >= 4 is 18.0 Å². The standard InChI is InChI=1S/C26H30N2O5/c1-26(2,24(31)27-14-16-8-7-13-17(16)23(29)30)28-25(32)33-15-22-20-11-5-3-9-18(20)19-10-4-6-12-21(19)22/h3-6,9-12,16-17,22H,7-8,13-15H2,1-2H3,(H,27,31)(H,28,32)(H,29,30)/t16-,17-/m1/s1. The topological polar surface area (TPSA) is 105 Å². The molecule has 174 valence electrons. The first-order valence-corrected chi connectivity index (χ1v) is 11.4. The molecule has 0 unspecified atom stereocenters. The number of aliphatic carboxylic acids is 1. The van der Waals surface area contributed by atoms with E-state index in [0.717, 1.165) is 35.1 Å². The number of rotatable bonds is 7. The van der Waals surface area contributed by atoms with Gasteiger partial charge in [-0.3, -0.25) is 9.59 Å². The highest BCUT2D eigenvalue weighted by molar-refractivity contribution is 5.89. The van der Waals surface area contributed by atoms with Gasteiger partial charge in [0.15, 0.2) is 0 Å². The zero-order valence-electron chi connectivity index (χ0n) is 19.0. The Morgan fingerprint density at radius 2 is 1.61 bits per heavy atom. The second-order valence-corrected chi connectivity index (χ2v) is 9.42. The van der Waals surface area contributed by atoms with Crippen molar-refractivity contribution in [3.63, 3.8) is 0 Å². The maximum Gasteiger partial charge on any atom is 0.408 e. The monoisotopic (exact) mass is 450 g/mol. The molecule has 0 heterocycles. The highest BCUT2D eigenvalue weighted by atomic mass is 16.5. The fraction of sp³-hybridized carbons (Fsp3) is 0.423. The third-order valence-corrected chi connectivity index (χ3v) is 6.83. The quantitative estimate of drug-likeness (QED) is 0.593. The molecule has 7 heteroatoms. The van der Waals surface area contributed by atoms with Crippen LogP contribution >= 0.6 is 0 Å². The van der Waals surface area contributed by atoms with Gasteiger partial charge >= 0.3 is 12.1 Å². The lowest BCUT2D eigenvalue weighted by molar-refractivity contribution is -0.143. The number of amides is 2. The van der Waals surface area contributed by atoms with Gasteiger partial charge in [0, 0.05) is 12.5 Å². The van der Waals surface area contributed by atoms with E-state index in [4.69, 9.17) is 4.74 Å². The number of carboxylic acids is 1. The number of benzene rings is 2. The van der Waals surface area contributed by atoms with Gasteiger partial charge in [0.2, 0.25) is 5.91 Å². The van der Waals surface area contributed by atoms with Gasteiger partial charge in [-0.1, -0.05) is 55.0 Å². The van der Waals surface area contributed by atoms with Gasteiger partial charge in [-0.05, 0) is 54.9 Å². The van der Waals surface area contributed by atoms with Gasteiger partial charge in [-0.2, -0.15) is 0 Å². The second-order valence-electron chi connectivity index (χ2n) is 9.42. The van der Waals surface area contributed by atoms with Crippen molar-refractivity contribution in [2.75, 3.05) is 13.2 Å². The molecule has 1 fully saturated rings. The zero-order valence-corrected chi connectivity index (χ0v) is 19.0. The highest BCUT2D eigenvalue weighted by Gasteiger charge is 2.36.